The van der Waals surface area contributed by atoms with Crippen molar-refractivity contribution in [2.24, 2.45) is 0 Å². The monoisotopic (exact) mass is 323 g/mol. The van der Waals surface area contributed by atoms with Gasteiger partial charge in [0.1, 0.15) is 0 Å². The van der Waals surface area contributed by atoms with Crippen LogP contribution in [0.5, 0.6) is 0 Å². The molecule has 0 aliphatic carbocycles. The molecule has 0 bridgehead atoms. The number of hydrogen-bond donors (Lipinski definition) is 2. The summed E-state index contributed by atoms with van der Waals surface area (Å²) < 4.78 is 5.12. The van der Waals surface area contributed by atoms with Crippen molar-refractivity contribution in [3.63, 3.8) is 0 Å². The van der Waals surface area contributed by atoms with Crippen molar-refractivity contribution in [3.05, 3.63) is 29.8 Å². The lowest BCUT2D eigenvalue weighted by Gasteiger charge is -2.23. The van der Waals surface area contributed by atoms with E-state index in [0.29, 0.717) is 18.9 Å². The number of carboxylic acids is 1. The van der Waals surface area contributed by atoms with Crippen LogP contribution in [0.3, 0.4) is 0 Å². The van der Waals surface area contributed by atoms with Gasteiger partial charge in [0.2, 0.25) is 5.91 Å². The first-order valence-corrected chi connectivity index (χ1v) is 8.26. The second-order valence-electron chi connectivity index (χ2n) is 5.75. The van der Waals surface area contributed by atoms with Crippen molar-refractivity contribution < 1.29 is 19.4 Å². The Morgan fingerprint density at radius 1 is 1.36 bits per heavy atom. The van der Waals surface area contributed by atoms with Gasteiger partial charge in [-0.3, -0.25) is 4.79 Å². The summed E-state index contributed by atoms with van der Waals surface area (Å²) in [5, 5.41) is 11.9. The fourth-order valence-corrected chi connectivity index (χ4v) is 2.98. The lowest BCUT2D eigenvalue weighted by atomic mass is 9.99. The molecule has 2 rings (SSSR count). The average molecular weight is 323 g/mol. The van der Waals surface area contributed by atoms with Crippen LogP contribution in [0.1, 0.15) is 31.7 Å². The van der Waals surface area contributed by atoms with Gasteiger partial charge in [-0.2, -0.15) is 0 Å². The first kappa shape index (κ1) is 16.8. The number of hydrogen-bond acceptors (Lipinski definition) is 4. The number of rotatable bonds is 6. The first-order valence-electron chi connectivity index (χ1n) is 7.28. The number of thioether (sulfide) groups is 1. The molecule has 22 heavy (non-hydrogen) atoms. The van der Waals surface area contributed by atoms with Crippen LogP contribution in [0, 0.1) is 0 Å². The molecule has 1 aliphatic heterocycles. The minimum Gasteiger partial charge on any atom is -0.479 e. The van der Waals surface area contributed by atoms with Gasteiger partial charge in [-0.05, 0) is 23.6 Å². The maximum atomic E-state index is 12.0. The molecule has 0 spiro atoms. The van der Waals surface area contributed by atoms with E-state index in [1.807, 2.05) is 12.1 Å². The molecule has 2 N–H and O–H groups in total. The molecule has 1 atom stereocenters. The molecule has 5 nitrogen and oxygen atoms in total. The second-order valence-corrected chi connectivity index (χ2v) is 6.80. The molecule has 1 aromatic rings. The Labute approximate surface area is 134 Å². The van der Waals surface area contributed by atoms with Crippen molar-refractivity contribution >= 4 is 23.6 Å². The number of benzene rings is 1. The third kappa shape index (κ3) is 4.01. The van der Waals surface area contributed by atoms with E-state index >= 15 is 0 Å². The van der Waals surface area contributed by atoms with Crippen LogP contribution in [0.4, 0.5) is 0 Å². The fourth-order valence-electron chi connectivity index (χ4n) is 2.29. The second kappa shape index (κ2) is 7.15. The van der Waals surface area contributed by atoms with Gasteiger partial charge < -0.3 is 15.2 Å². The molecule has 1 fully saturated rings. The van der Waals surface area contributed by atoms with Crippen molar-refractivity contribution in [1.82, 2.24) is 5.32 Å². The number of aliphatic carboxylic acids is 1. The van der Waals surface area contributed by atoms with Crippen molar-refractivity contribution in [2.45, 2.75) is 36.6 Å². The number of amides is 1. The molecule has 6 heteroatoms. The zero-order valence-electron chi connectivity index (χ0n) is 12.8. The van der Waals surface area contributed by atoms with E-state index in [2.05, 4.69) is 31.3 Å². The van der Waals surface area contributed by atoms with Crippen LogP contribution in [-0.4, -0.2) is 41.5 Å². The smallest absolute Gasteiger partial charge is 0.331 e. The number of carboxylic acid groups (broad SMARTS) is 1. The van der Waals surface area contributed by atoms with Crippen LogP contribution in [0.25, 0.3) is 0 Å². The molecular weight excluding hydrogens is 302 g/mol. The Hall–Kier alpha value is -1.53. The summed E-state index contributed by atoms with van der Waals surface area (Å²) in [4.78, 5) is 24.3. The molecule has 1 aromatic carbocycles. The summed E-state index contributed by atoms with van der Waals surface area (Å²) in [5.41, 5.74) is -0.0131. The van der Waals surface area contributed by atoms with Crippen molar-refractivity contribution in [2.75, 3.05) is 19.0 Å². The summed E-state index contributed by atoms with van der Waals surface area (Å²) in [6.07, 6.45) is 0.307. The lowest BCUT2D eigenvalue weighted by molar-refractivity contribution is -0.147. The molecular formula is C16H21NO4S. The van der Waals surface area contributed by atoms with Crippen molar-refractivity contribution in [3.8, 4) is 0 Å². The van der Waals surface area contributed by atoms with E-state index in [9.17, 15) is 14.7 Å². The highest BCUT2D eigenvalue weighted by Crippen LogP contribution is 2.23. The van der Waals surface area contributed by atoms with E-state index in [4.69, 9.17) is 4.74 Å². The van der Waals surface area contributed by atoms with Crippen LogP contribution in [0.15, 0.2) is 29.2 Å². The predicted molar refractivity (Wildman–Crippen MR) is 85.2 cm³/mol. The summed E-state index contributed by atoms with van der Waals surface area (Å²) in [6, 6.07) is 8.07. The largest absolute Gasteiger partial charge is 0.479 e. The third-order valence-corrected chi connectivity index (χ3v) is 4.74. The quantitative estimate of drug-likeness (QED) is 0.786. The molecule has 120 valence electrons. The Balaban J connectivity index is 1.88. The van der Waals surface area contributed by atoms with Gasteiger partial charge in [0.25, 0.3) is 0 Å². The molecule has 1 aliphatic rings. The Bertz CT molecular complexity index is 536. The van der Waals surface area contributed by atoms with E-state index < -0.39 is 11.5 Å². The first-order chi connectivity index (χ1) is 10.4. The SMILES string of the molecule is CC(C)c1ccc(SCC(=O)NC2(C(=O)O)CCOC2)cc1. The number of nitrogens with one attached hydrogen (secondary N) is 1. The molecule has 0 aromatic heterocycles. The van der Waals surface area contributed by atoms with E-state index in [-0.39, 0.29) is 18.3 Å². The standard InChI is InChI=1S/C16H21NO4S/c1-11(2)12-3-5-13(6-4-12)22-9-14(18)17-16(15(19)20)7-8-21-10-16/h3-6,11H,7-10H2,1-2H3,(H,17,18)(H,19,20). The maximum absolute atomic E-state index is 12.0. The van der Waals surface area contributed by atoms with Crippen LogP contribution < -0.4 is 5.32 Å². The lowest BCUT2D eigenvalue weighted by Crippen LogP contribution is -2.55. The van der Waals surface area contributed by atoms with Crippen LogP contribution in [-0.2, 0) is 14.3 Å². The van der Waals surface area contributed by atoms with Gasteiger partial charge in [0.15, 0.2) is 5.54 Å². The molecule has 1 heterocycles. The number of carbonyl (C=O) groups is 2. The minimum absolute atomic E-state index is 0.0296. The van der Waals surface area contributed by atoms with Crippen molar-refractivity contribution in [1.29, 1.82) is 0 Å². The van der Waals surface area contributed by atoms with E-state index in [1.165, 1.54) is 17.3 Å². The summed E-state index contributed by atoms with van der Waals surface area (Å²) >= 11 is 1.40. The van der Waals surface area contributed by atoms with Crippen LogP contribution in [0.2, 0.25) is 0 Å². The Morgan fingerprint density at radius 2 is 2.05 bits per heavy atom. The normalized spacial score (nSPS) is 21.0. The van der Waals surface area contributed by atoms with Gasteiger partial charge in [-0.1, -0.05) is 26.0 Å². The van der Waals surface area contributed by atoms with Gasteiger partial charge in [0, 0.05) is 17.9 Å². The summed E-state index contributed by atoms with van der Waals surface area (Å²) in [5.74, 6) is -0.661. The molecule has 0 radical (unpaired) electrons. The van der Waals surface area contributed by atoms with Gasteiger partial charge >= 0.3 is 5.97 Å². The topological polar surface area (TPSA) is 75.6 Å². The number of ether oxygens (including phenoxy) is 1. The van der Waals surface area contributed by atoms with E-state index in [0.717, 1.165) is 4.90 Å². The maximum Gasteiger partial charge on any atom is 0.331 e. The molecule has 1 amide bonds. The number of carbonyl (C=O) groups excluding carboxylic acids is 1. The van der Waals surface area contributed by atoms with E-state index in [1.54, 1.807) is 0 Å². The fraction of sp³-hybridized carbons (Fsp3) is 0.500. The van der Waals surface area contributed by atoms with Crippen LogP contribution >= 0.6 is 11.8 Å². The summed E-state index contributed by atoms with van der Waals surface area (Å²) in [7, 11) is 0. The molecule has 1 saturated heterocycles. The molecule has 0 saturated carbocycles. The Kier molecular flexibility index (Phi) is 5.47. The minimum atomic E-state index is -1.26. The molecule has 1 unspecified atom stereocenters. The van der Waals surface area contributed by atoms with Gasteiger partial charge in [-0.15, -0.1) is 11.8 Å². The van der Waals surface area contributed by atoms with Gasteiger partial charge in [0.05, 0.1) is 12.4 Å². The predicted octanol–water partition coefficient (Wildman–Crippen LogP) is 2.26. The Morgan fingerprint density at radius 3 is 2.55 bits per heavy atom. The zero-order valence-corrected chi connectivity index (χ0v) is 13.6. The average Bonchev–Trinajstić information content (AvgIpc) is 2.95. The highest BCUT2D eigenvalue weighted by Gasteiger charge is 2.43. The highest BCUT2D eigenvalue weighted by atomic mass is 32.2. The third-order valence-electron chi connectivity index (χ3n) is 3.73. The highest BCUT2D eigenvalue weighted by molar-refractivity contribution is 8.00. The van der Waals surface area contributed by atoms with Gasteiger partial charge in [-0.25, -0.2) is 4.79 Å². The zero-order chi connectivity index (χ0) is 16.2. The summed E-state index contributed by atoms with van der Waals surface area (Å²) in [6.45, 7) is 4.65.